The molecule has 1 atom stereocenters. The van der Waals surface area contributed by atoms with Gasteiger partial charge in [0.2, 0.25) is 10.0 Å². The molecule has 0 radical (unpaired) electrons. The van der Waals surface area contributed by atoms with E-state index in [1.54, 1.807) is 0 Å². The molecule has 0 spiro atoms. The van der Waals surface area contributed by atoms with Gasteiger partial charge >= 0.3 is 0 Å². The molecule has 0 saturated heterocycles. The molecule has 1 unspecified atom stereocenters. The van der Waals surface area contributed by atoms with Crippen molar-refractivity contribution < 1.29 is 8.42 Å². The Kier molecular flexibility index (Phi) is 19.2. The summed E-state index contributed by atoms with van der Waals surface area (Å²) in [5, 5.41) is 25.9. The molecule has 6 nitrogen and oxygen atoms in total. The SMILES string of the molecule is CCCCCCCCC(C#N)S(=O)(=O)N(CCCCCCC#N)CCCCCCC#N. The lowest BCUT2D eigenvalue weighted by molar-refractivity contribution is 0.380. The van der Waals surface area contributed by atoms with Crippen LogP contribution in [0.3, 0.4) is 0 Å². The smallest absolute Gasteiger partial charge is 0.211 e. The summed E-state index contributed by atoms with van der Waals surface area (Å²) in [5.41, 5.74) is 0. The second-order valence-electron chi connectivity index (χ2n) is 8.26. The summed E-state index contributed by atoms with van der Waals surface area (Å²) in [7, 11) is -3.64. The maximum absolute atomic E-state index is 13.2. The molecule has 0 heterocycles. The number of nitriles is 3. The predicted molar refractivity (Wildman–Crippen MR) is 125 cm³/mol. The van der Waals surface area contributed by atoms with E-state index >= 15 is 0 Å². The van der Waals surface area contributed by atoms with Gasteiger partial charge in [0.15, 0.2) is 5.25 Å². The fraction of sp³-hybridized carbons (Fsp3) is 0.875. The van der Waals surface area contributed by atoms with E-state index in [1.165, 1.54) is 23.6 Å². The first-order valence-corrected chi connectivity index (χ1v) is 13.7. The van der Waals surface area contributed by atoms with Gasteiger partial charge < -0.3 is 0 Å². The van der Waals surface area contributed by atoms with E-state index in [4.69, 9.17) is 10.5 Å². The zero-order chi connectivity index (χ0) is 23.2. The average molecular weight is 451 g/mol. The van der Waals surface area contributed by atoms with E-state index in [-0.39, 0.29) is 0 Å². The number of rotatable bonds is 21. The summed E-state index contributed by atoms with van der Waals surface area (Å²) in [4.78, 5) is 0. The Balaban J connectivity index is 4.73. The van der Waals surface area contributed by atoms with Crippen LogP contribution < -0.4 is 0 Å². The lowest BCUT2D eigenvalue weighted by atomic mass is 10.1. The van der Waals surface area contributed by atoms with E-state index < -0.39 is 15.3 Å². The second-order valence-corrected chi connectivity index (χ2v) is 10.4. The van der Waals surface area contributed by atoms with Gasteiger partial charge in [0.25, 0.3) is 0 Å². The normalized spacial score (nSPS) is 12.2. The minimum atomic E-state index is -3.64. The highest BCUT2D eigenvalue weighted by molar-refractivity contribution is 7.90. The topological polar surface area (TPSA) is 109 Å². The molecule has 0 aromatic carbocycles. The average Bonchev–Trinajstić information content (AvgIpc) is 2.76. The molecule has 0 aliphatic carbocycles. The van der Waals surface area contributed by atoms with E-state index in [0.717, 1.165) is 70.6 Å². The summed E-state index contributed by atoms with van der Waals surface area (Å²) < 4.78 is 27.9. The van der Waals surface area contributed by atoms with Crippen LogP contribution in [0, 0.1) is 34.0 Å². The first kappa shape index (κ1) is 29.4. The summed E-state index contributed by atoms with van der Waals surface area (Å²) >= 11 is 0. The largest absolute Gasteiger partial charge is 0.230 e. The first-order chi connectivity index (χ1) is 15.0. The van der Waals surface area contributed by atoms with Crippen molar-refractivity contribution in [3.8, 4) is 18.2 Å². The lowest BCUT2D eigenvalue weighted by Gasteiger charge is -2.25. The molecular formula is C24H42N4O2S. The van der Waals surface area contributed by atoms with Crippen LogP contribution in [0.15, 0.2) is 0 Å². The van der Waals surface area contributed by atoms with Crippen LogP contribution in [0.25, 0.3) is 0 Å². The van der Waals surface area contributed by atoms with Crippen LogP contribution >= 0.6 is 0 Å². The molecule has 176 valence electrons. The minimum absolute atomic E-state index is 0.409. The quantitative estimate of drug-likeness (QED) is 0.193. The van der Waals surface area contributed by atoms with Crippen LogP contribution in [-0.4, -0.2) is 31.1 Å². The molecule has 0 rings (SSSR count). The Morgan fingerprint density at radius 1 is 0.677 bits per heavy atom. The molecular weight excluding hydrogens is 408 g/mol. The van der Waals surface area contributed by atoms with Gasteiger partial charge in [-0.2, -0.15) is 15.8 Å². The number of hydrogen-bond donors (Lipinski definition) is 0. The molecule has 0 aromatic rings. The molecule has 0 aliphatic rings. The molecule has 0 aromatic heterocycles. The third-order valence-electron chi connectivity index (χ3n) is 5.58. The van der Waals surface area contributed by atoms with E-state index in [0.29, 0.717) is 32.4 Å². The molecule has 0 N–H and O–H groups in total. The van der Waals surface area contributed by atoms with E-state index in [1.807, 2.05) is 0 Å². The Labute approximate surface area is 191 Å². The summed E-state index contributed by atoms with van der Waals surface area (Å²) in [6.07, 6.45) is 14.7. The molecule has 0 bridgehead atoms. The number of nitrogens with zero attached hydrogens (tertiary/aromatic N) is 4. The summed E-state index contributed by atoms with van der Waals surface area (Å²) in [6, 6.07) is 6.33. The van der Waals surface area contributed by atoms with Gasteiger partial charge in [-0.05, 0) is 32.1 Å². The Bertz CT molecular complexity index is 633. The van der Waals surface area contributed by atoms with Gasteiger partial charge in [0.05, 0.1) is 18.2 Å². The first-order valence-electron chi connectivity index (χ1n) is 12.2. The fourth-order valence-electron chi connectivity index (χ4n) is 3.63. The maximum Gasteiger partial charge on any atom is 0.230 e. The zero-order valence-corrected chi connectivity index (χ0v) is 20.3. The highest BCUT2D eigenvalue weighted by Crippen LogP contribution is 2.19. The van der Waals surface area contributed by atoms with Crippen LogP contribution in [0.4, 0.5) is 0 Å². The highest BCUT2D eigenvalue weighted by Gasteiger charge is 2.31. The Morgan fingerprint density at radius 3 is 1.61 bits per heavy atom. The van der Waals surface area contributed by atoms with Gasteiger partial charge in [0.1, 0.15) is 0 Å². The van der Waals surface area contributed by atoms with Gasteiger partial charge in [-0.25, -0.2) is 12.7 Å². The van der Waals surface area contributed by atoms with E-state index in [9.17, 15) is 13.7 Å². The van der Waals surface area contributed by atoms with Crippen molar-refractivity contribution in [2.75, 3.05) is 13.1 Å². The van der Waals surface area contributed by atoms with Crippen molar-refractivity contribution in [3.05, 3.63) is 0 Å². The fourth-order valence-corrected chi connectivity index (χ4v) is 5.35. The third-order valence-corrected chi connectivity index (χ3v) is 7.72. The van der Waals surface area contributed by atoms with Crippen molar-refractivity contribution in [1.29, 1.82) is 15.8 Å². The van der Waals surface area contributed by atoms with Crippen LogP contribution in [0.1, 0.15) is 116 Å². The number of sulfonamides is 1. The van der Waals surface area contributed by atoms with E-state index in [2.05, 4.69) is 25.1 Å². The van der Waals surface area contributed by atoms with Gasteiger partial charge in [-0.3, -0.25) is 0 Å². The Hall–Kier alpha value is -1.62. The second kappa shape index (κ2) is 20.3. The van der Waals surface area contributed by atoms with Crippen molar-refractivity contribution in [2.45, 2.75) is 121 Å². The molecule has 0 aliphatic heterocycles. The monoisotopic (exact) mass is 450 g/mol. The predicted octanol–water partition coefficient (Wildman–Crippen LogP) is 6.21. The minimum Gasteiger partial charge on any atom is -0.211 e. The van der Waals surface area contributed by atoms with Crippen LogP contribution in [0.2, 0.25) is 0 Å². The third kappa shape index (κ3) is 14.9. The van der Waals surface area contributed by atoms with Gasteiger partial charge in [0, 0.05) is 25.9 Å². The lowest BCUT2D eigenvalue weighted by Crippen LogP contribution is -2.39. The molecule has 0 amide bonds. The molecule has 0 saturated carbocycles. The maximum atomic E-state index is 13.2. The highest BCUT2D eigenvalue weighted by atomic mass is 32.2. The molecule has 0 fully saturated rings. The number of hydrogen-bond acceptors (Lipinski definition) is 5. The van der Waals surface area contributed by atoms with Crippen LogP contribution in [-0.2, 0) is 10.0 Å². The van der Waals surface area contributed by atoms with Crippen molar-refractivity contribution in [1.82, 2.24) is 4.31 Å². The summed E-state index contributed by atoms with van der Waals surface area (Å²) in [5.74, 6) is 0. The van der Waals surface area contributed by atoms with Gasteiger partial charge in [-0.15, -0.1) is 0 Å². The Morgan fingerprint density at radius 2 is 1.13 bits per heavy atom. The summed E-state index contributed by atoms with van der Waals surface area (Å²) in [6.45, 7) is 3.06. The van der Waals surface area contributed by atoms with Crippen molar-refractivity contribution in [3.63, 3.8) is 0 Å². The number of unbranched alkanes of at least 4 members (excludes halogenated alkanes) is 13. The molecule has 7 heteroatoms. The van der Waals surface area contributed by atoms with Crippen LogP contribution in [0.5, 0.6) is 0 Å². The zero-order valence-electron chi connectivity index (χ0n) is 19.5. The standard InChI is InChI=1S/C24H42N4O2S/c1-2-3-4-5-8-13-18-24(23-27)31(29,30)28(21-16-11-6-9-14-19-25)22-17-12-7-10-15-20-26/h24H,2-18,21-22H2,1H3. The van der Waals surface area contributed by atoms with Crippen molar-refractivity contribution in [2.24, 2.45) is 0 Å². The molecule has 31 heavy (non-hydrogen) atoms. The van der Waals surface area contributed by atoms with Gasteiger partial charge in [-0.1, -0.05) is 71.1 Å². The van der Waals surface area contributed by atoms with Crippen molar-refractivity contribution >= 4 is 10.0 Å².